The van der Waals surface area contributed by atoms with E-state index in [-0.39, 0.29) is 16.7 Å². The van der Waals surface area contributed by atoms with E-state index in [2.05, 4.69) is 5.32 Å². The topological polar surface area (TPSA) is 103 Å². The van der Waals surface area contributed by atoms with Crippen molar-refractivity contribution in [2.24, 2.45) is 0 Å². The van der Waals surface area contributed by atoms with Gasteiger partial charge in [-0.1, -0.05) is 0 Å². The van der Waals surface area contributed by atoms with Crippen LogP contribution in [0.3, 0.4) is 0 Å². The van der Waals surface area contributed by atoms with Crippen molar-refractivity contribution >= 4 is 60.6 Å². The molecule has 7 nitrogen and oxygen atoms in total. The fourth-order valence-corrected chi connectivity index (χ4v) is 5.66. The van der Waals surface area contributed by atoms with E-state index in [0.29, 0.717) is 20.7 Å². The third-order valence-corrected chi connectivity index (χ3v) is 7.98. The van der Waals surface area contributed by atoms with Crippen LogP contribution in [0.5, 0.6) is 0 Å². The lowest BCUT2D eigenvalue weighted by Crippen LogP contribution is -2.41. The maximum absolute atomic E-state index is 15.2. The van der Waals surface area contributed by atoms with Crippen LogP contribution in [-0.2, 0) is 10.0 Å². The first-order valence-electron chi connectivity index (χ1n) is 9.55. The second-order valence-corrected chi connectivity index (χ2v) is 10.8. The van der Waals surface area contributed by atoms with E-state index in [1.165, 1.54) is 12.1 Å². The van der Waals surface area contributed by atoms with Crippen molar-refractivity contribution in [3.05, 3.63) is 51.6 Å². The van der Waals surface area contributed by atoms with Gasteiger partial charge in [-0.2, -0.15) is 0 Å². The van der Waals surface area contributed by atoms with Crippen molar-refractivity contribution in [1.29, 1.82) is 0 Å². The van der Waals surface area contributed by atoms with Crippen LogP contribution in [0.1, 0.15) is 12.8 Å². The van der Waals surface area contributed by atoms with Gasteiger partial charge >= 0.3 is 0 Å². The van der Waals surface area contributed by atoms with Gasteiger partial charge < -0.3 is 19.9 Å². The quantitative estimate of drug-likeness (QED) is 0.349. The number of nitrogens with one attached hydrogen (secondary N) is 1. The molecule has 1 fully saturated rings. The first kappa shape index (κ1) is 23.1. The van der Waals surface area contributed by atoms with Gasteiger partial charge in [-0.3, -0.25) is 4.31 Å². The van der Waals surface area contributed by atoms with Crippen molar-refractivity contribution in [3.63, 3.8) is 0 Å². The minimum atomic E-state index is -4.14. The number of sulfonamides is 1. The van der Waals surface area contributed by atoms with Gasteiger partial charge in [0.25, 0.3) is 0 Å². The van der Waals surface area contributed by atoms with Gasteiger partial charge in [0.2, 0.25) is 10.0 Å². The van der Waals surface area contributed by atoms with Crippen molar-refractivity contribution in [2.75, 3.05) is 22.8 Å². The maximum atomic E-state index is 15.2. The highest BCUT2D eigenvalue weighted by molar-refractivity contribution is 14.1. The molecule has 0 radical (unpaired) electrons. The van der Waals surface area contributed by atoms with Gasteiger partial charge in [-0.25, -0.2) is 21.6 Å². The van der Waals surface area contributed by atoms with Crippen LogP contribution in [0, 0.1) is 21.0 Å². The first-order chi connectivity index (χ1) is 15.1. The Bertz CT molecular complexity index is 1280. The summed E-state index contributed by atoms with van der Waals surface area (Å²) in [6, 6.07) is 5.12. The molecule has 0 saturated heterocycles. The number of furan rings is 1. The average Bonchev–Trinajstić information content (AvgIpc) is 3.51. The predicted molar refractivity (Wildman–Crippen MR) is 121 cm³/mol. The number of hydrogen-bond donors (Lipinski definition) is 3. The lowest BCUT2D eigenvalue weighted by Gasteiger charge is -2.29. The zero-order chi connectivity index (χ0) is 23.2. The Hall–Kier alpha value is -2.03. The summed E-state index contributed by atoms with van der Waals surface area (Å²) in [5, 5.41) is 20.7. The minimum Gasteiger partial charge on any atom is -0.462 e. The van der Waals surface area contributed by atoms with Crippen LogP contribution in [0.2, 0.25) is 0 Å². The summed E-state index contributed by atoms with van der Waals surface area (Å²) in [6.07, 6.45) is 0.266. The summed E-state index contributed by atoms with van der Waals surface area (Å²) < 4.78 is 77.4. The highest BCUT2D eigenvalue weighted by Crippen LogP contribution is 2.45. The lowest BCUT2D eigenvalue weighted by molar-refractivity contribution is 0.102. The number of anilines is 3. The number of halogens is 4. The summed E-state index contributed by atoms with van der Waals surface area (Å²) in [4.78, 5) is 0. The molecule has 1 saturated carbocycles. The largest absolute Gasteiger partial charge is 0.462 e. The third kappa shape index (κ3) is 4.16. The molecule has 2 aromatic carbocycles. The molecule has 1 aliphatic carbocycles. The minimum absolute atomic E-state index is 0.220. The van der Waals surface area contributed by atoms with Gasteiger partial charge in [0.05, 0.1) is 41.8 Å². The normalized spacial score (nSPS) is 15.2. The highest BCUT2D eigenvalue weighted by atomic mass is 127. The molecular formula is C20H18F3IN2O5S. The molecule has 172 valence electrons. The monoisotopic (exact) mass is 582 g/mol. The summed E-state index contributed by atoms with van der Waals surface area (Å²) in [5.41, 5.74) is -1.60. The average molecular weight is 582 g/mol. The van der Waals surface area contributed by atoms with E-state index in [4.69, 9.17) is 4.42 Å². The highest BCUT2D eigenvalue weighted by Gasteiger charge is 2.43. The fraction of sp³-hybridized carbons (Fsp3) is 0.300. The zero-order valence-corrected chi connectivity index (χ0v) is 19.3. The second kappa shape index (κ2) is 8.72. The maximum Gasteiger partial charge on any atom is 0.238 e. The Morgan fingerprint density at radius 2 is 1.94 bits per heavy atom. The standard InChI is InChI=1S/C20H18F3IN2O5S/c21-14-7-10(24)1-4-15(14)25-18-17(23)16(22)13-5-6-31-20(13)19(18)26(8-11(28)9-27)32(29,30)12-2-3-12/h1,4-7,11-12,25,27-28H,2-3,8-9H2/t11-/m1/s1. The van der Waals surface area contributed by atoms with Crippen molar-refractivity contribution < 1.29 is 36.2 Å². The van der Waals surface area contributed by atoms with Crippen LogP contribution in [-0.4, -0.2) is 43.1 Å². The Labute approximate surface area is 195 Å². The van der Waals surface area contributed by atoms with E-state index in [1.54, 1.807) is 0 Å². The number of aliphatic hydroxyl groups excluding tert-OH is 2. The van der Waals surface area contributed by atoms with Crippen LogP contribution >= 0.6 is 22.6 Å². The molecular weight excluding hydrogens is 564 g/mol. The smallest absolute Gasteiger partial charge is 0.238 e. The molecule has 1 atom stereocenters. The molecule has 0 spiro atoms. The number of benzene rings is 2. The van der Waals surface area contributed by atoms with Gasteiger partial charge in [0.1, 0.15) is 17.2 Å². The molecule has 4 rings (SSSR count). The molecule has 32 heavy (non-hydrogen) atoms. The Morgan fingerprint density at radius 1 is 1.22 bits per heavy atom. The van der Waals surface area contributed by atoms with E-state index < -0.39 is 63.4 Å². The first-order valence-corrected chi connectivity index (χ1v) is 12.1. The van der Waals surface area contributed by atoms with Crippen molar-refractivity contribution in [2.45, 2.75) is 24.2 Å². The number of aliphatic hydroxyl groups is 2. The Morgan fingerprint density at radius 3 is 2.56 bits per heavy atom. The van der Waals surface area contributed by atoms with Gasteiger partial charge in [0.15, 0.2) is 17.2 Å². The van der Waals surface area contributed by atoms with Crippen LogP contribution in [0.25, 0.3) is 11.0 Å². The molecule has 1 aliphatic rings. The zero-order valence-electron chi connectivity index (χ0n) is 16.4. The molecule has 3 aromatic rings. The molecule has 0 aliphatic heterocycles. The van der Waals surface area contributed by atoms with Crippen molar-refractivity contribution in [3.8, 4) is 0 Å². The van der Waals surface area contributed by atoms with Gasteiger partial charge in [-0.05, 0) is 59.7 Å². The van der Waals surface area contributed by atoms with Crippen LogP contribution in [0.15, 0.2) is 34.9 Å². The molecule has 0 amide bonds. The van der Waals surface area contributed by atoms with Gasteiger partial charge in [-0.15, -0.1) is 0 Å². The van der Waals surface area contributed by atoms with E-state index in [1.807, 2.05) is 22.6 Å². The summed E-state index contributed by atoms with van der Waals surface area (Å²) in [7, 11) is -4.14. The number of nitrogens with zero attached hydrogens (tertiary/aromatic N) is 1. The van der Waals surface area contributed by atoms with E-state index in [0.717, 1.165) is 18.4 Å². The number of rotatable bonds is 8. The Balaban J connectivity index is 1.98. The number of hydrogen-bond acceptors (Lipinski definition) is 6. The fourth-order valence-electron chi connectivity index (χ4n) is 3.31. The summed E-state index contributed by atoms with van der Waals surface area (Å²) >= 11 is 1.88. The molecule has 1 aromatic heterocycles. The van der Waals surface area contributed by atoms with Crippen LogP contribution in [0.4, 0.5) is 30.2 Å². The molecule has 3 N–H and O–H groups in total. The number of fused-ring (bicyclic) bond motifs is 1. The second-order valence-electron chi connectivity index (χ2n) is 7.38. The third-order valence-electron chi connectivity index (χ3n) is 5.05. The molecule has 0 bridgehead atoms. The summed E-state index contributed by atoms with van der Waals surface area (Å²) in [6.45, 7) is -1.41. The molecule has 12 heteroatoms. The van der Waals surface area contributed by atoms with Crippen LogP contribution < -0.4 is 9.62 Å². The van der Waals surface area contributed by atoms with Crippen molar-refractivity contribution in [1.82, 2.24) is 0 Å². The summed E-state index contributed by atoms with van der Waals surface area (Å²) in [5.74, 6) is -3.52. The SMILES string of the molecule is O=S(=O)(C1CC1)N(C[C@@H](O)CO)c1c(Nc2ccc(I)cc2F)c(F)c(F)c2ccoc12. The van der Waals surface area contributed by atoms with E-state index in [9.17, 15) is 27.4 Å². The molecule has 0 unspecified atom stereocenters. The lowest BCUT2D eigenvalue weighted by atomic mass is 10.1. The van der Waals surface area contributed by atoms with Gasteiger partial charge in [0, 0.05) is 3.57 Å². The van der Waals surface area contributed by atoms with E-state index >= 15 is 4.39 Å². The predicted octanol–water partition coefficient (Wildman–Crippen LogP) is 3.85. The molecule has 1 heterocycles. The Kier molecular flexibility index (Phi) is 6.31.